The Morgan fingerprint density at radius 3 is 2.50 bits per heavy atom. The van der Waals surface area contributed by atoms with Crippen molar-refractivity contribution in [3.05, 3.63) is 83.9 Å². The predicted molar refractivity (Wildman–Crippen MR) is 146 cm³/mol. The van der Waals surface area contributed by atoms with Crippen LogP contribution in [0.5, 0.6) is 0 Å². The number of hydrogen-bond donors (Lipinski definition) is 2. The number of hydroxylamine groups is 1. The highest BCUT2D eigenvalue weighted by molar-refractivity contribution is 5.88. The fourth-order valence-electron chi connectivity index (χ4n) is 5.20. The molecular formula is C30H33N5O3. The minimum atomic E-state index is -0.950. The Morgan fingerprint density at radius 2 is 1.76 bits per heavy atom. The maximum absolute atomic E-state index is 11.6. The number of rotatable bonds is 11. The Balaban J connectivity index is 1.31. The van der Waals surface area contributed by atoms with Crippen molar-refractivity contribution in [1.82, 2.24) is 20.6 Å². The van der Waals surface area contributed by atoms with Gasteiger partial charge in [-0.05, 0) is 64.1 Å². The van der Waals surface area contributed by atoms with Crippen molar-refractivity contribution < 1.29 is 14.7 Å². The number of aromatic carboxylic acids is 1. The topological polar surface area (TPSA) is 104 Å². The monoisotopic (exact) mass is 511 g/mol. The molecule has 4 aromatic rings. The number of nitrogens with one attached hydrogen (secondary N) is 1. The molecule has 1 aromatic heterocycles. The van der Waals surface area contributed by atoms with E-state index in [0.717, 1.165) is 40.3 Å². The maximum atomic E-state index is 11.6. The second kappa shape index (κ2) is 12.5. The number of tetrazole rings is 1. The number of benzene rings is 3. The van der Waals surface area contributed by atoms with Gasteiger partial charge in [0, 0.05) is 5.56 Å². The first-order valence-electron chi connectivity index (χ1n) is 13.3. The molecule has 0 amide bonds. The number of carboxylic acids is 1. The van der Waals surface area contributed by atoms with E-state index in [4.69, 9.17) is 4.84 Å². The van der Waals surface area contributed by atoms with Crippen LogP contribution in [0.2, 0.25) is 0 Å². The SMILES string of the molecule is O=C(O)c1cccc(N(Cc2ccc(-c3ccccc3-c3nnn[nH]3)cc2)OCCCC2CCCCC2)c1. The number of hydrogen-bond acceptors (Lipinski definition) is 6. The summed E-state index contributed by atoms with van der Waals surface area (Å²) in [6.07, 6.45) is 8.87. The van der Waals surface area contributed by atoms with Crippen LogP contribution in [0.1, 0.15) is 60.9 Å². The number of carboxylic acid groups (broad SMARTS) is 1. The van der Waals surface area contributed by atoms with Gasteiger partial charge in [0.1, 0.15) is 0 Å². The van der Waals surface area contributed by atoms with Gasteiger partial charge in [-0.25, -0.2) is 15.0 Å². The molecule has 5 rings (SSSR count). The molecule has 0 aliphatic heterocycles. The third-order valence-corrected chi connectivity index (χ3v) is 7.23. The Hall–Kier alpha value is -4.04. The molecule has 1 saturated carbocycles. The van der Waals surface area contributed by atoms with Crippen molar-refractivity contribution in [3.8, 4) is 22.5 Å². The highest BCUT2D eigenvalue weighted by Gasteiger charge is 2.16. The van der Waals surface area contributed by atoms with Gasteiger partial charge in [0.25, 0.3) is 0 Å². The average molecular weight is 512 g/mol. The number of carbonyl (C=O) groups is 1. The molecule has 0 unspecified atom stereocenters. The molecule has 1 aliphatic rings. The number of H-pyrrole nitrogens is 1. The Kier molecular flexibility index (Phi) is 8.40. The number of aromatic nitrogens is 4. The van der Waals surface area contributed by atoms with Gasteiger partial charge < -0.3 is 5.11 Å². The van der Waals surface area contributed by atoms with E-state index in [1.165, 1.54) is 38.5 Å². The second-order valence-electron chi connectivity index (χ2n) is 9.86. The lowest BCUT2D eigenvalue weighted by Crippen LogP contribution is -2.24. The maximum Gasteiger partial charge on any atom is 0.335 e. The van der Waals surface area contributed by atoms with E-state index in [-0.39, 0.29) is 5.56 Å². The zero-order valence-electron chi connectivity index (χ0n) is 21.4. The second-order valence-corrected chi connectivity index (χ2v) is 9.86. The number of anilines is 1. The molecular weight excluding hydrogens is 478 g/mol. The summed E-state index contributed by atoms with van der Waals surface area (Å²) in [6.45, 7) is 1.10. The van der Waals surface area contributed by atoms with Gasteiger partial charge in [0.05, 0.1) is 24.4 Å². The molecule has 196 valence electrons. The number of aromatic amines is 1. The minimum absolute atomic E-state index is 0.243. The Labute approximate surface area is 222 Å². The normalized spacial score (nSPS) is 13.9. The van der Waals surface area contributed by atoms with Crippen molar-refractivity contribution in [2.45, 2.75) is 51.5 Å². The molecule has 0 saturated heterocycles. The molecule has 1 heterocycles. The molecule has 8 heteroatoms. The largest absolute Gasteiger partial charge is 0.478 e. The van der Waals surface area contributed by atoms with Crippen LogP contribution in [0.3, 0.4) is 0 Å². The van der Waals surface area contributed by atoms with E-state index in [2.05, 4.69) is 44.9 Å². The zero-order valence-corrected chi connectivity index (χ0v) is 21.4. The van der Waals surface area contributed by atoms with Gasteiger partial charge in [-0.2, -0.15) is 0 Å². The Bertz CT molecular complexity index is 1320. The zero-order chi connectivity index (χ0) is 26.2. The third kappa shape index (κ3) is 6.44. The molecule has 1 aliphatic carbocycles. The van der Waals surface area contributed by atoms with Crippen LogP contribution in [0.4, 0.5) is 5.69 Å². The van der Waals surface area contributed by atoms with Crippen molar-refractivity contribution >= 4 is 11.7 Å². The van der Waals surface area contributed by atoms with Crippen LogP contribution in [-0.2, 0) is 11.4 Å². The lowest BCUT2D eigenvalue weighted by Gasteiger charge is -2.26. The molecule has 38 heavy (non-hydrogen) atoms. The van der Waals surface area contributed by atoms with E-state index in [1.807, 2.05) is 35.4 Å². The van der Waals surface area contributed by atoms with Crippen LogP contribution >= 0.6 is 0 Å². The lowest BCUT2D eigenvalue weighted by atomic mass is 9.86. The summed E-state index contributed by atoms with van der Waals surface area (Å²) in [5.41, 5.74) is 5.04. The van der Waals surface area contributed by atoms with E-state index >= 15 is 0 Å². The lowest BCUT2D eigenvalue weighted by molar-refractivity contribution is 0.0696. The minimum Gasteiger partial charge on any atom is -0.478 e. The van der Waals surface area contributed by atoms with E-state index in [9.17, 15) is 9.90 Å². The van der Waals surface area contributed by atoms with Crippen LogP contribution in [-0.4, -0.2) is 38.3 Å². The standard InChI is InChI=1S/C30H33N5O3/c36-30(37)25-11-6-12-26(20-25)35(38-19-7-10-22-8-2-1-3-9-22)21-23-15-17-24(18-16-23)27-13-4-5-14-28(27)29-31-33-34-32-29/h4-6,11-18,20,22H,1-3,7-10,19,21H2,(H,36,37)(H,31,32,33,34). The van der Waals surface area contributed by atoms with E-state index in [0.29, 0.717) is 19.0 Å². The highest BCUT2D eigenvalue weighted by Crippen LogP contribution is 2.31. The quantitative estimate of drug-likeness (QED) is 0.174. The summed E-state index contributed by atoms with van der Waals surface area (Å²) in [5, 5.41) is 25.6. The fraction of sp³-hybridized carbons (Fsp3) is 0.333. The summed E-state index contributed by atoms with van der Waals surface area (Å²) in [7, 11) is 0. The van der Waals surface area contributed by atoms with Crippen LogP contribution in [0.25, 0.3) is 22.5 Å². The first-order chi connectivity index (χ1) is 18.7. The van der Waals surface area contributed by atoms with Crippen molar-refractivity contribution in [1.29, 1.82) is 0 Å². The molecule has 0 bridgehead atoms. The van der Waals surface area contributed by atoms with Gasteiger partial charge in [0.2, 0.25) is 0 Å². The van der Waals surface area contributed by atoms with Crippen molar-refractivity contribution in [2.75, 3.05) is 11.7 Å². The third-order valence-electron chi connectivity index (χ3n) is 7.23. The Morgan fingerprint density at radius 1 is 0.974 bits per heavy atom. The van der Waals surface area contributed by atoms with Crippen molar-refractivity contribution in [2.24, 2.45) is 5.92 Å². The average Bonchev–Trinajstić information content (AvgIpc) is 3.51. The number of nitrogens with zero attached hydrogens (tertiary/aromatic N) is 4. The van der Waals surface area contributed by atoms with Crippen LogP contribution in [0.15, 0.2) is 72.8 Å². The van der Waals surface area contributed by atoms with Gasteiger partial charge in [-0.3, -0.25) is 4.84 Å². The molecule has 2 N–H and O–H groups in total. The first-order valence-corrected chi connectivity index (χ1v) is 13.3. The van der Waals surface area contributed by atoms with Gasteiger partial charge >= 0.3 is 5.97 Å². The first kappa shape index (κ1) is 25.6. The van der Waals surface area contributed by atoms with Crippen molar-refractivity contribution in [3.63, 3.8) is 0 Å². The van der Waals surface area contributed by atoms with Crippen LogP contribution in [0, 0.1) is 5.92 Å². The predicted octanol–water partition coefficient (Wildman–Crippen LogP) is 6.53. The smallest absolute Gasteiger partial charge is 0.335 e. The summed E-state index contributed by atoms with van der Waals surface area (Å²) in [5.74, 6) is 0.476. The molecule has 0 atom stereocenters. The van der Waals surface area contributed by atoms with Crippen LogP contribution < -0.4 is 5.06 Å². The molecule has 0 spiro atoms. The highest BCUT2D eigenvalue weighted by atomic mass is 16.7. The van der Waals surface area contributed by atoms with Gasteiger partial charge in [0.15, 0.2) is 5.82 Å². The summed E-state index contributed by atoms with van der Waals surface area (Å²) in [6, 6.07) is 23.2. The molecule has 0 radical (unpaired) electrons. The van der Waals surface area contributed by atoms with E-state index in [1.54, 1.807) is 18.2 Å². The van der Waals surface area contributed by atoms with Gasteiger partial charge in [-0.1, -0.05) is 86.7 Å². The summed E-state index contributed by atoms with van der Waals surface area (Å²) in [4.78, 5) is 17.8. The van der Waals surface area contributed by atoms with E-state index < -0.39 is 5.97 Å². The van der Waals surface area contributed by atoms with Gasteiger partial charge in [-0.15, -0.1) is 5.10 Å². The molecule has 8 nitrogen and oxygen atoms in total. The molecule has 3 aromatic carbocycles. The fourth-order valence-corrected chi connectivity index (χ4v) is 5.20. The summed E-state index contributed by atoms with van der Waals surface area (Å²) < 4.78 is 0. The summed E-state index contributed by atoms with van der Waals surface area (Å²) >= 11 is 0. The molecule has 1 fully saturated rings.